The Hall–Kier alpha value is -2.21. The maximum atomic E-state index is 13.1. The van der Waals surface area contributed by atoms with E-state index < -0.39 is 31.7 Å². The van der Waals surface area contributed by atoms with Crippen LogP contribution >= 0.6 is 0 Å². The number of non-ortho nitro benzene ring substituents is 1. The van der Waals surface area contributed by atoms with Crippen LogP contribution in [0.4, 0.5) is 15.8 Å². The first-order valence-corrected chi connectivity index (χ1v) is 6.71. The summed E-state index contributed by atoms with van der Waals surface area (Å²) in [6.45, 7) is 1.50. The van der Waals surface area contributed by atoms with Crippen molar-refractivity contribution in [3.05, 3.63) is 34.1 Å². The van der Waals surface area contributed by atoms with Crippen molar-refractivity contribution < 1.29 is 17.7 Å². The maximum Gasteiger partial charge on any atom is 0.274 e. The Labute approximate surface area is 108 Å². The van der Waals surface area contributed by atoms with E-state index in [1.807, 2.05) is 4.72 Å². The molecule has 9 heteroatoms. The number of rotatable bonds is 5. The number of nitriles is 1. The number of sulfonamides is 1. The van der Waals surface area contributed by atoms with Crippen LogP contribution in [0.1, 0.15) is 13.3 Å². The van der Waals surface area contributed by atoms with E-state index in [1.165, 1.54) is 6.92 Å². The highest BCUT2D eigenvalue weighted by molar-refractivity contribution is 7.93. The second-order valence-electron chi connectivity index (χ2n) is 3.63. The summed E-state index contributed by atoms with van der Waals surface area (Å²) in [6, 6.07) is 3.93. The third kappa shape index (κ3) is 3.62. The molecule has 1 rings (SSSR count). The number of hydrogen-bond donors (Lipinski definition) is 1. The summed E-state index contributed by atoms with van der Waals surface area (Å²) in [6.07, 6.45) is 0.0449. The Morgan fingerprint density at radius 2 is 2.16 bits per heavy atom. The third-order valence-corrected chi connectivity index (χ3v) is 3.95. The van der Waals surface area contributed by atoms with Crippen molar-refractivity contribution in [1.82, 2.24) is 0 Å². The van der Waals surface area contributed by atoms with Crippen LogP contribution in [0.15, 0.2) is 18.2 Å². The fourth-order valence-corrected chi connectivity index (χ4v) is 2.52. The summed E-state index contributed by atoms with van der Waals surface area (Å²) in [4.78, 5) is 9.68. The smallest absolute Gasteiger partial charge is 0.274 e. The highest BCUT2D eigenvalue weighted by Crippen LogP contribution is 2.22. The quantitative estimate of drug-likeness (QED) is 0.655. The first kappa shape index (κ1) is 14.8. The van der Waals surface area contributed by atoms with E-state index in [0.717, 1.165) is 12.1 Å². The van der Waals surface area contributed by atoms with E-state index in [0.29, 0.717) is 6.07 Å². The summed E-state index contributed by atoms with van der Waals surface area (Å²) >= 11 is 0. The average molecular weight is 287 g/mol. The molecule has 1 aromatic rings. The Bertz CT molecular complexity index is 639. The summed E-state index contributed by atoms with van der Waals surface area (Å²) < 4.78 is 38.5. The van der Waals surface area contributed by atoms with Crippen molar-refractivity contribution in [1.29, 1.82) is 5.26 Å². The average Bonchev–Trinajstić information content (AvgIpc) is 2.28. The number of nitro groups is 1. The molecule has 0 aromatic heterocycles. The number of anilines is 1. The predicted molar refractivity (Wildman–Crippen MR) is 65.3 cm³/mol. The molecule has 0 bridgehead atoms. The molecule has 0 radical (unpaired) electrons. The van der Waals surface area contributed by atoms with Gasteiger partial charge in [-0.1, -0.05) is 6.92 Å². The van der Waals surface area contributed by atoms with Gasteiger partial charge in [0.15, 0.2) is 5.25 Å². The second kappa shape index (κ2) is 5.62. The summed E-state index contributed by atoms with van der Waals surface area (Å²) in [5.41, 5.74) is -0.872. The van der Waals surface area contributed by atoms with Gasteiger partial charge in [-0.3, -0.25) is 14.8 Å². The molecule has 0 saturated heterocycles. The number of nitrogens with zero attached hydrogens (tertiary/aromatic N) is 2. The number of hydrogen-bond acceptors (Lipinski definition) is 5. The van der Waals surface area contributed by atoms with Crippen molar-refractivity contribution in [2.24, 2.45) is 0 Å². The highest BCUT2D eigenvalue weighted by atomic mass is 32.2. The SMILES string of the molecule is CCC(C#N)S(=O)(=O)Nc1cc(F)cc([N+](=O)[O-])c1. The molecule has 0 aliphatic heterocycles. The number of benzene rings is 1. The van der Waals surface area contributed by atoms with Crippen LogP contribution in [0, 0.1) is 27.3 Å². The topological polar surface area (TPSA) is 113 Å². The molecule has 0 heterocycles. The van der Waals surface area contributed by atoms with Crippen molar-refractivity contribution >= 4 is 21.4 Å². The molecular formula is C10H10FN3O4S. The fraction of sp³-hybridized carbons (Fsp3) is 0.300. The predicted octanol–water partition coefficient (Wildman–Crippen LogP) is 1.78. The van der Waals surface area contributed by atoms with Gasteiger partial charge in [-0.2, -0.15) is 5.26 Å². The Morgan fingerprint density at radius 1 is 1.53 bits per heavy atom. The molecule has 0 amide bonds. The molecule has 0 saturated carbocycles. The van der Waals surface area contributed by atoms with Crippen molar-refractivity contribution in [2.75, 3.05) is 4.72 Å². The van der Waals surface area contributed by atoms with Crippen LogP contribution in [0.5, 0.6) is 0 Å². The largest absolute Gasteiger partial charge is 0.282 e. The van der Waals surface area contributed by atoms with Gasteiger partial charge in [0.05, 0.1) is 22.7 Å². The molecule has 0 fully saturated rings. The normalized spacial score (nSPS) is 12.5. The van der Waals surface area contributed by atoms with E-state index in [1.54, 1.807) is 6.07 Å². The fourth-order valence-electron chi connectivity index (χ4n) is 1.35. The molecule has 1 aromatic carbocycles. The molecule has 102 valence electrons. The number of nitro benzene ring substituents is 1. The molecule has 19 heavy (non-hydrogen) atoms. The first-order valence-electron chi connectivity index (χ1n) is 5.16. The zero-order chi connectivity index (χ0) is 14.6. The van der Waals surface area contributed by atoms with Gasteiger partial charge in [-0.05, 0) is 12.5 Å². The molecule has 7 nitrogen and oxygen atoms in total. The van der Waals surface area contributed by atoms with Crippen LogP contribution in [-0.4, -0.2) is 18.6 Å². The molecular weight excluding hydrogens is 277 g/mol. The number of halogens is 1. The minimum atomic E-state index is -4.04. The van der Waals surface area contributed by atoms with Gasteiger partial charge in [-0.25, -0.2) is 12.8 Å². The van der Waals surface area contributed by atoms with E-state index in [4.69, 9.17) is 5.26 Å². The van der Waals surface area contributed by atoms with Crippen LogP contribution in [0.2, 0.25) is 0 Å². The lowest BCUT2D eigenvalue weighted by Gasteiger charge is -2.11. The van der Waals surface area contributed by atoms with E-state index in [2.05, 4.69) is 0 Å². The van der Waals surface area contributed by atoms with Crippen molar-refractivity contribution in [2.45, 2.75) is 18.6 Å². The minimum Gasteiger partial charge on any atom is -0.282 e. The lowest BCUT2D eigenvalue weighted by molar-refractivity contribution is -0.385. The molecule has 1 unspecified atom stereocenters. The van der Waals surface area contributed by atoms with Gasteiger partial charge < -0.3 is 0 Å². The van der Waals surface area contributed by atoms with Gasteiger partial charge >= 0.3 is 0 Å². The summed E-state index contributed by atoms with van der Waals surface area (Å²) in [5.74, 6) is -0.947. The molecule has 0 spiro atoms. The van der Waals surface area contributed by atoms with Crippen LogP contribution in [0.25, 0.3) is 0 Å². The monoisotopic (exact) mass is 287 g/mol. The Kier molecular flexibility index (Phi) is 4.39. The maximum absolute atomic E-state index is 13.1. The standard InChI is InChI=1S/C10H10FN3O4S/c1-2-10(6-12)19(17,18)13-8-3-7(11)4-9(5-8)14(15)16/h3-5,10,13H,2H2,1H3. The second-order valence-corrected chi connectivity index (χ2v) is 5.49. The van der Waals surface area contributed by atoms with Gasteiger partial charge in [-0.15, -0.1) is 0 Å². The molecule has 0 aliphatic rings. The zero-order valence-electron chi connectivity index (χ0n) is 9.83. The van der Waals surface area contributed by atoms with Crippen LogP contribution < -0.4 is 4.72 Å². The van der Waals surface area contributed by atoms with Gasteiger partial charge in [0, 0.05) is 6.07 Å². The minimum absolute atomic E-state index is 0.0449. The lowest BCUT2D eigenvalue weighted by atomic mass is 10.3. The van der Waals surface area contributed by atoms with E-state index >= 15 is 0 Å². The Balaban J connectivity index is 3.13. The first-order chi connectivity index (χ1) is 8.80. The van der Waals surface area contributed by atoms with Gasteiger partial charge in [0.25, 0.3) is 5.69 Å². The van der Waals surface area contributed by atoms with Gasteiger partial charge in [0.1, 0.15) is 5.82 Å². The van der Waals surface area contributed by atoms with Crippen LogP contribution in [-0.2, 0) is 10.0 Å². The molecule has 1 N–H and O–H groups in total. The van der Waals surface area contributed by atoms with Crippen molar-refractivity contribution in [3.8, 4) is 6.07 Å². The highest BCUT2D eigenvalue weighted by Gasteiger charge is 2.24. The van der Waals surface area contributed by atoms with E-state index in [-0.39, 0.29) is 12.1 Å². The number of nitrogens with one attached hydrogen (secondary N) is 1. The van der Waals surface area contributed by atoms with Gasteiger partial charge in [0.2, 0.25) is 10.0 Å². The Morgan fingerprint density at radius 3 is 2.63 bits per heavy atom. The van der Waals surface area contributed by atoms with Crippen molar-refractivity contribution in [3.63, 3.8) is 0 Å². The molecule has 1 atom stereocenters. The molecule has 0 aliphatic carbocycles. The summed E-state index contributed by atoms with van der Waals surface area (Å²) in [7, 11) is -4.04. The van der Waals surface area contributed by atoms with E-state index in [9.17, 15) is 22.9 Å². The zero-order valence-corrected chi connectivity index (χ0v) is 10.6. The third-order valence-electron chi connectivity index (χ3n) is 2.24. The lowest BCUT2D eigenvalue weighted by Crippen LogP contribution is -2.26. The summed E-state index contributed by atoms with van der Waals surface area (Å²) in [5, 5.41) is 17.9. The van der Waals surface area contributed by atoms with Crippen LogP contribution in [0.3, 0.4) is 0 Å².